The van der Waals surface area contributed by atoms with Crippen LogP contribution in [-0.4, -0.2) is 41.4 Å². The first kappa shape index (κ1) is 28.1. The van der Waals surface area contributed by atoms with Gasteiger partial charge in [0.05, 0.1) is 30.1 Å². The normalized spacial score (nSPS) is 16.9. The molecule has 0 radical (unpaired) electrons. The highest BCUT2D eigenvalue weighted by atomic mass is 32.1. The van der Waals surface area contributed by atoms with E-state index < -0.39 is 23.8 Å². The number of amides is 1. The van der Waals surface area contributed by atoms with Gasteiger partial charge in [-0.15, -0.1) is 0 Å². The fraction of sp³-hybridized carbons (Fsp3) is 0.207. The van der Waals surface area contributed by atoms with Gasteiger partial charge < -0.3 is 29.6 Å². The van der Waals surface area contributed by atoms with Gasteiger partial charge in [0, 0.05) is 36.6 Å². The summed E-state index contributed by atoms with van der Waals surface area (Å²) in [6.07, 6.45) is -1.11. The van der Waals surface area contributed by atoms with Crippen LogP contribution >= 0.6 is 12.2 Å². The lowest BCUT2D eigenvalue weighted by Crippen LogP contribution is -2.30. The van der Waals surface area contributed by atoms with Crippen LogP contribution in [0.1, 0.15) is 29.0 Å². The molecule has 0 saturated carbocycles. The number of alkyl halides is 3. The number of rotatable bonds is 8. The average Bonchev–Trinajstić information content (AvgIpc) is 3.57. The van der Waals surface area contributed by atoms with Gasteiger partial charge in [0.25, 0.3) is 0 Å². The Bertz CT molecular complexity index is 1560. The molecule has 1 saturated heterocycles. The number of aromatic nitrogens is 2. The SMILES string of the molecule is COCC(=O)Nc1cc(N2C(=S)NC(c3ccccn3)C2c2cccn2-c2cccc(C(F)(F)F)c2)ccc1OC. The van der Waals surface area contributed by atoms with Crippen LogP contribution in [0.25, 0.3) is 5.69 Å². The second-order valence-electron chi connectivity index (χ2n) is 9.21. The molecular formula is C29H26F3N5O3S. The van der Waals surface area contributed by atoms with Crippen LogP contribution < -0.4 is 20.3 Å². The van der Waals surface area contributed by atoms with Gasteiger partial charge in [0.15, 0.2) is 5.11 Å². The Balaban J connectivity index is 1.64. The maximum Gasteiger partial charge on any atom is 0.416 e. The number of anilines is 2. The van der Waals surface area contributed by atoms with Crippen molar-refractivity contribution in [1.29, 1.82) is 0 Å². The summed E-state index contributed by atoms with van der Waals surface area (Å²) in [4.78, 5) is 18.7. The highest BCUT2D eigenvalue weighted by molar-refractivity contribution is 7.80. The monoisotopic (exact) mass is 581 g/mol. The van der Waals surface area contributed by atoms with Crippen molar-refractivity contribution in [3.8, 4) is 11.4 Å². The molecule has 2 aromatic carbocycles. The van der Waals surface area contributed by atoms with Gasteiger partial charge in [-0.2, -0.15) is 13.2 Å². The maximum absolute atomic E-state index is 13.6. The second-order valence-corrected chi connectivity index (χ2v) is 9.60. The van der Waals surface area contributed by atoms with Gasteiger partial charge in [0.1, 0.15) is 18.4 Å². The van der Waals surface area contributed by atoms with Crippen molar-refractivity contribution in [2.75, 3.05) is 31.0 Å². The molecule has 0 aliphatic carbocycles. The first-order chi connectivity index (χ1) is 19.7. The van der Waals surface area contributed by atoms with Crippen LogP contribution in [0.3, 0.4) is 0 Å². The second kappa shape index (κ2) is 11.6. The Labute approximate surface area is 239 Å². The third kappa shape index (κ3) is 5.74. The van der Waals surface area contributed by atoms with E-state index in [1.165, 1.54) is 20.3 Å². The molecule has 1 aliphatic rings. The summed E-state index contributed by atoms with van der Waals surface area (Å²) in [7, 11) is 2.91. The molecular weight excluding hydrogens is 555 g/mol. The Morgan fingerprint density at radius 1 is 1.05 bits per heavy atom. The average molecular weight is 582 g/mol. The van der Waals surface area contributed by atoms with E-state index in [0.29, 0.717) is 39.3 Å². The fourth-order valence-corrected chi connectivity index (χ4v) is 5.24. The van der Waals surface area contributed by atoms with Crippen LogP contribution in [0.5, 0.6) is 5.75 Å². The molecule has 0 bridgehead atoms. The molecule has 41 heavy (non-hydrogen) atoms. The highest BCUT2D eigenvalue weighted by Gasteiger charge is 2.42. The number of hydrogen-bond donors (Lipinski definition) is 2. The van der Waals surface area contributed by atoms with E-state index in [1.807, 2.05) is 23.1 Å². The van der Waals surface area contributed by atoms with Gasteiger partial charge in [-0.25, -0.2) is 0 Å². The number of nitrogens with zero attached hydrogens (tertiary/aromatic N) is 3. The van der Waals surface area contributed by atoms with Gasteiger partial charge in [0.2, 0.25) is 5.91 Å². The van der Waals surface area contributed by atoms with E-state index in [1.54, 1.807) is 53.4 Å². The van der Waals surface area contributed by atoms with Crippen molar-refractivity contribution in [2.24, 2.45) is 0 Å². The van der Waals surface area contributed by atoms with E-state index in [-0.39, 0.29) is 12.5 Å². The molecule has 2 unspecified atom stereocenters. The zero-order valence-electron chi connectivity index (χ0n) is 22.1. The number of hydrogen-bond acceptors (Lipinski definition) is 5. The van der Waals surface area contributed by atoms with Crippen molar-refractivity contribution in [1.82, 2.24) is 14.9 Å². The van der Waals surface area contributed by atoms with Crippen molar-refractivity contribution in [2.45, 2.75) is 18.3 Å². The predicted octanol–water partition coefficient (Wildman–Crippen LogP) is 5.66. The number of pyridine rings is 1. The summed E-state index contributed by atoms with van der Waals surface area (Å²) >= 11 is 5.80. The Kier molecular flexibility index (Phi) is 7.95. The zero-order valence-corrected chi connectivity index (χ0v) is 22.9. The summed E-state index contributed by atoms with van der Waals surface area (Å²) in [5, 5.41) is 6.51. The van der Waals surface area contributed by atoms with Crippen LogP contribution in [0, 0.1) is 0 Å². The van der Waals surface area contributed by atoms with E-state index in [2.05, 4.69) is 15.6 Å². The molecule has 4 aromatic rings. The fourth-order valence-electron chi connectivity index (χ4n) is 4.90. The number of carbonyl (C=O) groups excluding carboxylic acids is 1. The van der Waals surface area contributed by atoms with Crippen molar-refractivity contribution in [3.63, 3.8) is 0 Å². The highest BCUT2D eigenvalue weighted by Crippen LogP contribution is 2.44. The Morgan fingerprint density at radius 3 is 2.59 bits per heavy atom. The zero-order chi connectivity index (χ0) is 29.1. The first-order valence-electron chi connectivity index (χ1n) is 12.5. The molecule has 1 amide bonds. The lowest BCUT2D eigenvalue weighted by atomic mass is 10.0. The Hall–Kier alpha value is -4.42. The van der Waals surface area contributed by atoms with Crippen molar-refractivity contribution >= 4 is 34.6 Å². The molecule has 0 spiro atoms. The van der Waals surface area contributed by atoms with Gasteiger partial charge in [-0.05, 0) is 72.9 Å². The van der Waals surface area contributed by atoms with E-state index in [0.717, 1.165) is 12.1 Å². The molecule has 1 aliphatic heterocycles. The minimum atomic E-state index is -4.49. The molecule has 8 nitrogen and oxygen atoms in total. The van der Waals surface area contributed by atoms with E-state index in [4.69, 9.17) is 21.7 Å². The van der Waals surface area contributed by atoms with Crippen LogP contribution in [0.15, 0.2) is 85.2 Å². The first-order valence-corrected chi connectivity index (χ1v) is 12.9. The predicted molar refractivity (Wildman–Crippen MR) is 152 cm³/mol. The van der Waals surface area contributed by atoms with E-state index in [9.17, 15) is 18.0 Å². The van der Waals surface area contributed by atoms with E-state index >= 15 is 0 Å². The number of thiocarbonyl (C=S) groups is 1. The Morgan fingerprint density at radius 2 is 1.88 bits per heavy atom. The molecule has 212 valence electrons. The topological polar surface area (TPSA) is 80.7 Å². The van der Waals surface area contributed by atoms with Crippen LogP contribution in [-0.2, 0) is 15.7 Å². The summed E-state index contributed by atoms with van der Waals surface area (Å²) in [6.45, 7) is -0.147. The summed E-state index contributed by atoms with van der Waals surface area (Å²) in [5.74, 6) is 0.0628. The number of benzene rings is 2. The summed E-state index contributed by atoms with van der Waals surface area (Å²) < 4.78 is 52.8. The molecule has 2 atom stereocenters. The van der Waals surface area contributed by atoms with Gasteiger partial charge in [-0.3, -0.25) is 9.78 Å². The molecule has 5 rings (SSSR count). The summed E-state index contributed by atoms with van der Waals surface area (Å²) in [5.41, 5.74) is 1.99. The van der Waals surface area contributed by atoms with Gasteiger partial charge in [-0.1, -0.05) is 12.1 Å². The minimum absolute atomic E-state index is 0.147. The number of nitrogens with one attached hydrogen (secondary N) is 2. The molecule has 12 heteroatoms. The quantitative estimate of drug-likeness (QED) is 0.260. The molecule has 3 heterocycles. The maximum atomic E-state index is 13.6. The molecule has 2 aromatic heterocycles. The summed E-state index contributed by atoms with van der Waals surface area (Å²) in [6, 6.07) is 18.5. The standard InChI is InChI=1S/C29H26F3N5O3S/c1-39-17-25(38)34-22-16-20(11-12-24(22)40-2)37-27(26(35-28(37)41)21-9-3-4-13-33-21)23-10-6-14-36(23)19-8-5-7-18(15-19)29(30,31)32/h3-16,26-27H,17H2,1-2H3,(H,34,38)(H,35,41). The number of carbonyl (C=O) groups is 1. The van der Waals surface area contributed by atoms with Crippen molar-refractivity contribution < 1.29 is 27.4 Å². The number of ether oxygens (including phenoxy) is 2. The minimum Gasteiger partial charge on any atom is -0.495 e. The molecule has 1 fully saturated rings. The number of halogens is 3. The lowest BCUT2D eigenvalue weighted by molar-refractivity contribution is -0.137. The largest absolute Gasteiger partial charge is 0.495 e. The van der Waals surface area contributed by atoms with Crippen molar-refractivity contribution in [3.05, 3.63) is 102 Å². The smallest absolute Gasteiger partial charge is 0.416 e. The lowest BCUT2D eigenvalue weighted by Gasteiger charge is -2.29. The third-order valence-corrected chi connectivity index (χ3v) is 6.96. The number of methoxy groups -OCH3 is 2. The third-order valence-electron chi connectivity index (χ3n) is 6.64. The molecule has 2 N–H and O–H groups in total. The van der Waals surface area contributed by atoms with Crippen LogP contribution in [0.4, 0.5) is 24.5 Å². The van der Waals surface area contributed by atoms with Crippen LogP contribution in [0.2, 0.25) is 0 Å². The van der Waals surface area contributed by atoms with Gasteiger partial charge >= 0.3 is 6.18 Å².